The average molecular weight is 369 g/mol. The number of fused-ring (bicyclic) bond motifs is 1. The van der Waals surface area contributed by atoms with Crippen molar-refractivity contribution in [2.45, 2.75) is 44.8 Å². The fourth-order valence-corrected chi connectivity index (χ4v) is 4.33. The Bertz CT molecular complexity index is 622. The topological polar surface area (TPSA) is 73.6 Å². The minimum Gasteiger partial charge on any atom is -0.497 e. The maximum atomic E-state index is 12.8. The lowest BCUT2D eigenvalue weighted by atomic mass is 9.46. The van der Waals surface area contributed by atoms with Gasteiger partial charge in [0.2, 0.25) is 5.91 Å². The van der Waals surface area contributed by atoms with Gasteiger partial charge in [0.25, 0.3) is 0 Å². The molecule has 3 rings (SSSR count). The zero-order valence-electron chi connectivity index (χ0n) is 15.2. The number of carbonyl (C=O) groups excluding carboxylic acids is 1. The molecule has 1 aromatic carbocycles. The third-order valence-corrected chi connectivity index (χ3v) is 5.89. The van der Waals surface area contributed by atoms with Crippen LogP contribution in [0.1, 0.15) is 32.3 Å². The molecule has 0 aromatic heterocycles. The molecule has 5 nitrogen and oxygen atoms in total. The van der Waals surface area contributed by atoms with Crippen molar-refractivity contribution in [3.8, 4) is 5.75 Å². The first-order valence-electron chi connectivity index (χ1n) is 8.73. The van der Waals surface area contributed by atoms with E-state index in [1.165, 1.54) is 0 Å². The second kappa shape index (κ2) is 7.52. The molecular weight excluding hydrogens is 340 g/mol. The van der Waals surface area contributed by atoms with Crippen molar-refractivity contribution >= 4 is 18.3 Å². The van der Waals surface area contributed by atoms with Gasteiger partial charge in [0, 0.05) is 24.5 Å². The molecule has 0 bridgehead atoms. The van der Waals surface area contributed by atoms with Gasteiger partial charge >= 0.3 is 0 Å². The summed E-state index contributed by atoms with van der Waals surface area (Å²) >= 11 is 0. The SMILES string of the molecule is COc1cccc(CCNC(=O)C2(N)C3CCCOC3C2(C)C)c1.Cl. The van der Waals surface area contributed by atoms with Gasteiger partial charge in [0.05, 0.1) is 13.2 Å². The molecule has 0 spiro atoms. The summed E-state index contributed by atoms with van der Waals surface area (Å²) in [5, 5.41) is 3.04. The van der Waals surface area contributed by atoms with Crippen LogP contribution in [0.4, 0.5) is 0 Å². The van der Waals surface area contributed by atoms with E-state index in [1.54, 1.807) is 7.11 Å². The monoisotopic (exact) mass is 368 g/mol. The van der Waals surface area contributed by atoms with E-state index in [9.17, 15) is 4.79 Å². The van der Waals surface area contributed by atoms with Crippen LogP contribution in [-0.4, -0.2) is 37.8 Å². The van der Waals surface area contributed by atoms with Crippen molar-refractivity contribution in [1.82, 2.24) is 5.32 Å². The number of nitrogens with two attached hydrogens (primary N) is 1. The summed E-state index contributed by atoms with van der Waals surface area (Å²) in [5.74, 6) is 0.900. The molecule has 1 saturated heterocycles. The molecule has 1 aliphatic carbocycles. The van der Waals surface area contributed by atoms with E-state index >= 15 is 0 Å². The molecule has 1 amide bonds. The average Bonchev–Trinajstić information content (AvgIpc) is 2.61. The van der Waals surface area contributed by atoms with Gasteiger partial charge in [-0.15, -0.1) is 12.4 Å². The summed E-state index contributed by atoms with van der Waals surface area (Å²) < 4.78 is 11.1. The maximum absolute atomic E-state index is 12.8. The normalized spacial score (nSPS) is 29.6. The minimum absolute atomic E-state index is 0. The number of ether oxygens (including phenoxy) is 2. The highest BCUT2D eigenvalue weighted by atomic mass is 35.5. The number of carbonyl (C=O) groups is 1. The van der Waals surface area contributed by atoms with Crippen LogP contribution in [0.25, 0.3) is 0 Å². The summed E-state index contributed by atoms with van der Waals surface area (Å²) in [4.78, 5) is 12.8. The summed E-state index contributed by atoms with van der Waals surface area (Å²) in [6.07, 6.45) is 2.80. The van der Waals surface area contributed by atoms with Gasteiger partial charge in [-0.25, -0.2) is 0 Å². The predicted octanol–water partition coefficient (Wildman–Crippen LogP) is 2.31. The molecule has 2 fully saturated rings. The first kappa shape index (κ1) is 20.0. The third-order valence-electron chi connectivity index (χ3n) is 5.89. The molecule has 0 radical (unpaired) electrons. The van der Waals surface area contributed by atoms with Crippen LogP contribution in [0.15, 0.2) is 24.3 Å². The Balaban J connectivity index is 0.00000225. The molecule has 1 aromatic rings. The summed E-state index contributed by atoms with van der Waals surface area (Å²) in [6, 6.07) is 7.89. The van der Waals surface area contributed by atoms with E-state index in [2.05, 4.69) is 5.32 Å². The lowest BCUT2D eigenvalue weighted by molar-refractivity contribution is -0.225. The van der Waals surface area contributed by atoms with Crippen LogP contribution in [0.2, 0.25) is 0 Å². The molecule has 1 heterocycles. The van der Waals surface area contributed by atoms with Crippen molar-refractivity contribution < 1.29 is 14.3 Å². The number of hydrogen-bond donors (Lipinski definition) is 2. The van der Waals surface area contributed by atoms with Gasteiger partial charge in [0.15, 0.2) is 0 Å². The molecule has 2 aliphatic rings. The Morgan fingerprint density at radius 1 is 1.44 bits per heavy atom. The van der Waals surface area contributed by atoms with Crippen molar-refractivity contribution in [1.29, 1.82) is 0 Å². The maximum Gasteiger partial charge on any atom is 0.241 e. The van der Waals surface area contributed by atoms with Crippen LogP contribution in [-0.2, 0) is 16.0 Å². The highest BCUT2D eigenvalue weighted by Gasteiger charge is 2.70. The van der Waals surface area contributed by atoms with Crippen LogP contribution in [0, 0.1) is 11.3 Å². The fourth-order valence-electron chi connectivity index (χ4n) is 4.33. The summed E-state index contributed by atoms with van der Waals surface area (Å²) in [5.41, 5.74) is 6.55. The molecule has 25 heavy (non-hydrogen) atoms. The lowest BCUT2D eigenvalue weighted by Crippen LogP contribution is -2.82. The summed E-state index contributed by atoms with van der Waals surface area (Å²) in [6.45, 7) is 5.43. The van der Waals surface area contributed by atoms with Crippen LogP contribution >= 0.6 is 12.4 Å². The molecule has 6 heteroatoms. The van der Waals surface area contributed by atoms with E-state index in [-0.39, 0.29) is 35.8 Å². The zero-order chi connectivity index (χ0) is 17.4. The van der Waals surface area contributed by atoms with Gasteiger partial charge in [-0.2, -0.15) is 0 Å². The Hall–Kier alpha value is -1.30. The first-order valence-corrected chi connectivity index (χ1v) is 8.73. The number of amides is 1. The lowest BCUT2D eigenvalue weighted by Gasteiger charge is -2.65. The van der Waals surface area contributed by atoms with Crippen molar-refractivity contribution in [3.63, 3.8) is 0 Å². The minimum atomic E-state index is -0.841. The number of benzene rings is 1. The van der Waals surface area contributed by atoms with E-state index in [4.69, 9.17) is 15.2 Å². The second-order valence-electron chi connectivity index (χ2n) is 7.49. The van der Waals surface area contributed by atoms with Crippen molar-refractivity contribution in [3.05, 3.63) is 29.8 Å². The number of rotatable bonds is 5. The van der Waals surface area contributed by atoms with E-state index in [1.807, 2.05) is 38.1 Å². The van der Waals surface area contributed by atoms with Gasteiger partial charge in [0.1, 0.15) is 11.3 Å². The highest BCUT2D eigenvalue weighted by Crippen LogP contribution is 2.57. The van der Waals surface area contributed by atoms with Gasteiger partial charge in [-0.05, 0) is 37.0 Å². The van der Waals surface area contributed by atoms with Crippen LogP contribution < -0.4 is 15.8 Å². The third kappa shape index (κ3) is 3.25. The quantitative estimate of drug-likeness (QED) is 0.836. The smallest absolute Gasteiger partial charge is 0.241 e. The molecule has 140 valence electrons. The number of nitrogens with one attached hydrogen (secondary N) is 1. The highest BCUT2D eigenvalue weighted by molar-refractivity contribution is 5.89. The zero-order valence-corrected chi connectivity index (χ0v) is 16.0. The summed E-state index contributed by atoms with van der Waals surface area (Å²) in [7, 11) is 1.65. The standard InChI is InChI=1S/C19H28N2O3.ClH/c1-18(2)16-15(8-5-11-24-16)19(18,20)17(22)21-10-9-13-6-4-7-14(12-13)23-3;/h4,6-7,12,15-16H,5,8-11,20H2,1-3H3,(H,21,22);1H. The molecule has 3 unspecified atom stereocenters. The van der Waals surface area contributed by atoms with E-state index in [0.29, 0.717) is 6.54 Å². The van der Waals surface area contributed by atoms with E-state index in [0.717, 1.165) is 37.2 Å². The van der Waals surface area contributed by atoms with Crippen molar-refractivity contribution in [2.75, 3.05) is 20.3 Å². The largest absolute Gasteiger partial charge is 0.497 e. The van der Waals surface area contributed by atoms with Crippen LogP contribution in [0.5, 0.6) is 5.75 Å². The van der Waals surface area contributed by atoms with Gasteiger partial charge in [-0.1, -0.05) is 26.0 Å². The fraction of sp³-hybridized carbons (Fsp3) is 0.632. The molecule has 3 N–H and O–H groups in total. The Labute approximate surface area is 156 Å². The van der Waals surface area contributed by atoms with Gasteiger partial charge in [-0.3, -0.25) is 4.79 Å². The number of halogens is 1. The molecule has 1 saturated carbocycles. The number of methoxy groups -OCH3 is 1. The molecular formula is C19H29ClN2O3. The Morgan fingerprint density at radius 2 is 2.20 bits per heavy atom. The van der Waals surface area contributed by atoms with Crippen LogP contribution in [0.3, 0.4) is 0 Å². The number of hydrogen-bond acceptors (Lipinski definition) is 4. The van der Waals surface area contributed by atoms with E-state index < -0.39 is 5.54 Å². The first-order chi connectivity index (χ1) is 11.4. The predicted molar refractivity (Wildman–Crippen MR) is 100 cm³/mol. The Kier molecular flexibility index (Phi) is 6.02. The second-order valence-corrected chi connectivity index (χ2v) is 7.49. The van der Waals surface area contributed by atoms with Crippen molar-refractivity contribution in [2.24, 2.45) is 17.1 Å². The molecule has 1 aliphatic heterocycles. The molecule has 3 atom stereocenters. The Morgan fingerprint density at radius 3 is 2.92 bits per heavy atom. The van der Waals surface area contributed by atoms with Gasteiger partial charge < -0.3 is 20.5 Å².